The molecule has 0 bridgehead atoms. The van der Waals surface area contributed by atoms with Crippen LogP contribution in [-0.4, -0.2) is 17.4 Å². The standard InChI is InChI=1S/C26H51BrO2/c1-4-6-8-10-12-17-21-25(22-18-13-11-9-7-5-2)29-26(28)24(3)20-16-14-15-19-23-27/h24-25H,4-23H2,1-3H3. The van der Waals surface area contributed by atoms with Crippen LogP contribution in [0.1, 0.15) is 143 Å². The summed E-state index contributed by atoms with van der Waals surface area (Å²) in [5.41, 5.74) is 0. The van der Waals surface area contributed by atoms with Gasteiger partial charge in [0, 0.05) is 5.33 Å². The van der Waals surface area contributed by atoms with Gasteiger partial charge in [0.1, 0.15) is 6.10 Å². The SMILES string of the molecule is CCCCCCCCC(CCCCCCCC)OC(=O)C(C)CCCCCCBr. The van der Waals surface area contributed by atoms with Gasteiger partial charge in [-0.2, -0.15) is 0 Å². The summed E-state index contributed by atoms with van der Waals surface area (Å²) in [6, 6.07) is 0. The lowest BCUT2D eigenvalue weighted by molar-refractivity contribution is -0.154. The molecule has 0 aliphatic heterocycles. The van der Waals surface area contributed by atoms with Gasteiger partial charge in [0.2, 0.25) is 0 Å². The van der Waals surface area contributed by atoms with Gasteiger partial charge in [-0.25, -0.2) is 0 Å². The third-order valence-corrected chi connectivity index (χ3v) is 6.53. The molecule has 0 saturated heterocycles. The molecule has 0 aliphatic rings. The van der Waals surface area contributed by atoms with Crippen molar-refractivity contribution in [2.24, 2.45) is 5.92 Å². The van der Waals surface area contributed by atoms with Crippen LogP contribution in [0.4, 0.5) is 0 Å². The van der Waals surface area contributed by atoms with E-state index in [1.54, 1.807) is 0 Å². The van der Waals surface area contributed by atoms with Crippen molar-refractivity contribution in [2.75, 3.05) is 5.33 Å². The zero-order valence-electron chi connectivity index (χ0n) is 20.0. The highest BCUT2D eigenvalue weighted by Gasteiger charge is 2.19. The first-order valence-corrected chi connectivity index (χ1v) is 14.0. The topological polar surface area (TPSA) is 26.3 Å². The van der Waals surface area contributed by atoms with Crippen LogP contribution in [0.15, 0.2) is 0 Å². The van der Waals surface area contributed by atoms with Gasteiger partial charge in [-0.05, 0) is 38.5 Å². The Balaban J connectivity index is 4.18. The fourth-order valence-electron chi connectivity index (χ4n) is 3.86. The number of esters is 1. The van der Waals surface area contributed by atoms with Crippen LogP contribution in [0.3, 0.4) is 0 Å². The molecule has 0 radical (unpaired) electrons. The second kappa shape index (κ2) is 22.6. The largest absolute Gasteiger partial charge is 0.462 e. The third-order valence-electron chi connectivity index (χ3n) is 5.97. The van der Waals surface area contributed by atoms with Gasteiger partial charge in [-0.1, -0.05) is 120 Å². The monoisotopic (exact) mass is 474 g/mol. The third kappa shape index (κ3) is 19.6. The molecule has 0 rings (SSSR count). The van der Waals surface area contributed by atoms with E-state index >= 15 is 0 Å². The molecule has 0 fully saturated rings. The highest BCUT2D eigenvalue weighted by atomic mass is 79.9. The Hall–Kier alpha value is -0.0500. The van der Waals surface area contributed by atoms with Crippen LogP contribution in [0.5, 0.6) is 0 Å². The zero-order chi connectivity index (χ0) is 21.6. The summed E-state index contributed by atoms with van der Waals surface area (Å²) < 4.78 is 6.00. The van der Waals surface area contributed by atoms with E-state index in [1.807, 2.05) is 0 Å². The first-order valence-electron chi connectivity index (χ1n) is 12.9. The maximum absolute atomic E-state index is 12.6. The number of hydrogen-bond donors (Lipinski definition) is 0. The molecule has 174 valence electrons. The summed E-state index contributed by atoms with van der Waals surface area (Å²) >= 11 is 3.48. The molecule has 0 saturated carbocycles. The van der Waals surface area contributed by atoms with Crippen molar-refractivity contribution in [2.45, 2.75) is 149 Å². The van der Waals surface area contributed by atoms with Crippen LogP contribution in [-0.2, 0) is 9.53 Å². The maximum Gasteiger partial charge on any atom is 0.308 e. The Labute approximate surface area is 191 Å². The molecular weight excluding hydrogens is 424 g/mol. The second-order valence-corrected chi connectivity index (χ2v) is 9.76. The quantitative estimate of drug-likeness (QED) is 0.0885. The van der Waals surface area contributed by atoms with Crippen LogP contribution >= 0.6 is 15.9 Å². The Morgan fingerprint density at radius 1 is 0.655 bits per heavy atom. The summed E-state index contributed by atoms with van der Waals surface area (Å²) in [6.07, 6.45) is 23.7. The number of carbonyl (C=O) groups is 1. The van der Waals surface area contributed by atoms with Crippen molar-refractivity contribution < 1.29 is 9.53 Å². The van der Waals surface area contributed by atoms with E-state index in [9.17, 15) is 4.79 Å². The van der Waals surface area contributed by atoms with E-state index in [2.05, 4.69) is 36.7 Å². The summed E-state index contributed by atoms with van der Waals surface area (Å²) in [4.78, 5) is 12.6. The molecule has 0 aliphatic carbocycles. The number of rotatable bonds is 22. The molecule has 2 nitrogen and oxygen atoms in total. The minimum atomic E-state index is 0.0486. The predicted octanol–water partition coefficient (Wildman–Crippen LogP) is 9.38. The van der Waals surface area contributed by atoms with E-state index < -0.39 is 0 Å². The van der Waals surface area contributed by atoms with Crippen molar-refractivity contribution in [1.82, 2.24) is 0 Å². The van der Waals surface area contributed by atoms with Crippen molar-refractivity contribution in [3.05, 3.63) is 0 Å². The molecule has 1 atom stereocenters. The van der Waals surface area contributed by atoms with Crippen molar-refractivity contribution >= 4 is 21.9 Å². The normalized spacial score (nSPS) is 12.4. The Morgan fingerprint density at radius 3 is 1.55 bits per heavy atom. The molecule has 1 unspecified atom stereocenters. The molecule has 0 N–H and O–H groups in total. The number of unbranched alkanes of at least 4 members (excludes halogenated alkanes) is 13. The second-order valence-electron chi connectivity index (χ2n) is 8.96. The van der Waals surface area contributed by atoms with Gasteiger partial charge >= 0.3 is 5.97 Å². The number of carbonyl (C=O) groups excluding carboxylic acids is 1. The Kier molecular flexibility index (Phi) is 22.6. The van der Waals surface area contributed by atoms with Crippen LogP contribution in [0.2, 0.25) is 0 Å². The summed E-state index contributed by atoms with van der Waals surface area (Å²) in [7, 11) is 0. The number of ether oxygens (including phenoxy) is 1. The van der Waals surface area contributed by atoms with E-state index in [0.717, 1.165) is 31.0 Å². The predicted molar refractivity (Wildman–Crippen MR) is 132 cm³/mol. The Morgan fingerprint density at radius 2 is 1.07 bits per heavy atom. The average molecular weight is 476 g/mol. The van der Waals surface area contributed by atoms with Crippen LogP contribution in [0.25, 0.3) is 0 Å². The van der Waals surface area contributed by atoms with Gasteiger partial charge in [0.25, 0.3) is 0 Å². The molecule has 0 aromatic carbocycles. The lowest BCUT2D eigenvalue weighted by atomic mass is 10.0. The molecule has 0 spiro atoms. The first-order chi connectivity index (χ1) is 14.2. The van der Waals surface area contributed by atoms with Gasteiger partial charge in [-0.3, -0.25) is 4.79 Å². The van der Waals surface area contributed by atoms with Gasteiger partial charge in [0.05, 0.1) is 5.92 Å². The number of hydrogen-bond acceptors (Lipinski definition) is 2. The Bertz CT molecular complexity index is 330. The van der Waals surface area contributed by atoms with Gasteiger partial charge in [0.15, 0.2) is 0 Å². The van der Waals surface area contributed by atoms with E-state index in [1.165, 1.54) is 96.3 Å². The van der Waals surface area contributed by atoms with E-state index in [4.69, 9.17) is 4.74 Å². The van der Waals surface area contributed by atoms with E-state index in [0.29, 0.717) is 0 Å². The smallest absolute Gasteiger partial charge is 0.308 e. The highest BCUT2D eigenvalue weighted by molar-refractivity contribution is 9.09. The fourth-order valence-corrected chi connectivity index (χ4v) is 4.26. The van der Waals surface area contributed by atoms with Crippen molar-refractivity contribution in [3.8, 4) is 0 Å². The van der Waals surface area contributed by atoms with Gasteiger partial charge < -0.3 is 4.74 Å². The molecule has 0 amide bonds. The highest BCUT2D eigenvalue weighted by Crippen LogP contribution is 2.20. The summed E-state index contributed by atoms with van der Waals surface area (Å²) in [5, 5.41) is 1.09. The van der Waals surface area contributed by atoms with Crippen LogP contribution < -0.4 is 0 Å². The van der Waals surface area contributed by atoms with Crippen LogP contribution in [0, 0.1) is 5.92 Å². The molecule has 29 heavy (non-hydrogen) atoms. The molecule has 0 aromatic heterocycles. The molecule has 0 heterocycles. The van der Waals surface area contributed by atoms with E-state index in [-0.39, 0.29) is 18.0 Å². The minimum absolute atomic E-state index is 0.0486. The molecular formula is C26H51BrO2. The van der Waals surface area contributed by atoms with Crippen molar-refractivity contribution in [1.29, 1.82) is 0 Å². The average Bonchev–Trinajstić information content (AvgIpc) is 2.72. The lowest BCUT2D eigenvalue weighted by Gasteiger charge is -2.20. The summed E-state index contributed by atoms with van der Waals surface area (Å²) in [6.45, 7) is 6.58. The fraction of sp³-hybridized carbons (Fsp3) is 0.962. The molecule has 3 heteroatoms. The zero-order valence-corrected chi connectivity index (χ0v) is 21.6. The first kappa shape index (κ1) is 28.9. The van der Waals surface area contributed by atoms with Crippen molar-refractivity contribution in [3.63, 3.8) is 0 Å². The number of alkyl halides is 1. The summed E-state index contributed by atoms with van der Waals surface area (Å²) in [5.74, 6) is 0.100. The lowest BCUT2D eigenvalue weighted by Crippen LogP contribution is -2.23. The van der Waals surface area contributed by atoms with Gasteiger partial charge in [-0.15, -0.1) is 0 Å². The minimum Gasteiger partial charge on any atom is -0.462 e. The maximum atomic E-state index is 12.6. The molecule has 0 aromatic rings. The number of halogens is 1.